The Balaban J connectivity index is 2.99. The largest absolute Gasteiger partial charge is 0.368 e. The zero-order chi connectivity index (χ0) is 4.99. The van der Waals surface area contributed by atoms with Crippen molar-refractivity contribution in [1.29, 1.82) is 0 Å². The van der Waals surface area contributed by atoms with Crippen molar-refractivity contribution in [2.75, 3.05) is 7.05 Å². The van der Waals surface area contributed by atoms with Crippen LogP contribution in [0, 0.1) is 0 Å². The van der Waals surface area contributed by atoms with E-state index in [1.165, 1.54) is 0 Å². The molecule has 0 radical (unpaired) electrons. The smallest absolute Gasteiger partial charge is 0.230 e. The van der Waals surface area contributed by atoms with Gasteiger partial charge in [0, 0.05) is 7.05 Å². The van der Waals surface area contributed by atoms with E-state index in [1.807, 2.05) is 6.82 Å². The first kappa shape index (κ1) is 5.53. The molecule has 34 valence electrons. The van der Waals surface area contributed by atoms with E-state index in [4.69, 9.17) is 0 Å². The maximum atomic E-state index is 10.1. The second-order valence-electron chi connectivity index (χ2n) is 1.03. The molecule has 1 amide bonds. The Bertz CT molecular complexity index is 48.8. The number of nitrogens with one attached hydrogen (secondary N) is 1. The Kier molecular flexibility index (Phi) is 2.54. The second kappa shape index (κ2) is 2.76. The van der Waals surface area contributed by atoms with Crippen LogP contribution < -0.4 is 5.32 Å². The van der Waals surface area contributed by atoms with Crippen molar-refractivity contribution in [2.24, 2.45) is 0 Å². The Morgan fingerprint density at radius 1 is 1.83 bits per heavy atom. The summed E-state index contributed by atoms with van der Waals surface area (Å²) in [6.07, 6.45) is 0. The first-order valence-corrected chi connectivity index (χ1v) is 2.01. The van der Waals surface area contributed by atoms with Gasteiger partial charge >= 0.3 is 0 Å². The SMILES string of the molecule is CBC(=O)NC. The van der Waals surface area contributed by atoms with E-state index in [-0.39, 0.29) is 5.81 Å². The normalized spacial score (nSPS) is 7.00. The van der Waals surface area contributed by atoms with Crippen LogP contribution in [0.5, 0.6) is 0 Å². The van der Waals surface area contributed by atoms with E-state index in [0.29, 0.717) is 7.28 Å². The molecule has 1 N–H and O–H groups in total. The zero-order valence-electron chi connectivity index (χ0n) is 4.12. The topological polar surface area (TPSA) is 29.1 Å². The molecule has 0 spiro atoms. The molecule has 0 aliphatic heterocycles. The lowest BCUT2D eigenvalue weighted by Gasteiger charge is -1.86. The van der Waals surface area contributed by atoms with Gasteiger partial charge < -0.3 is 5.32 Å². The van der Waals surface area contributed by atoms with Crippen LogP contribution in [-0.2, 0) is 0 Å². The zero-order valence-corrected chi connectivity index (χ0v) is 4.12. The van der Waals surface area contributed by atoms with Crippen molar-refractivity contribution in [2.45, 2.75) is 6.82 Å². The molecule has 0 aromatic heterocycles. The average Bonchev–Trinajstić information content (AvgIpc) is 1.65. The van der Waals surface area contributed by atoms with Crippen LogP contribution in [0.3, 0.4) is 0 Å². The highest BCUT2D eigenvalue weighted by Gasteiger charge is 1.87. The van der Waals surface area contributed by atoms with Crippen molar-refractivity contribution in [1.82, 2.24) is 5.32 Å². The molecule has 0 aromatic carbocycles. The minimum Gasteiger partial charge on any atom is -0.368 e. The van der Waals surface area contributed by atoms with E-state index in [1.54, 1.807) is 7.05 Å². The van der Waals surface area contributed by atoms with Crippen LogP contribution in [0.2, 0.25) is 6.82 Å². The summed E-state index contributed by atoms with van der Waals surface area (Å²) in [6.45, 7) is 1.82. The minimum absolute atomic E-state index is 0.0926. The van der Waals surface area contributed by atoms with Gasteiger partial charge in [-0.2, -0.15) is 0 Å². The molecule has 0 aromatic rings. The van der Waals surface area contributed by atoms with Gasteiger partial charge in [-0.15, -0.1) is 0 Å². The molecule has 0 aliphatic carbocycles. The van der Waals surface area contributed by atoms with Gasteiger partial charge in [-0.25, -0.2) is 0 Å². The molecule has 0 bridgehead atoms. The summed E-state index contributed by atoms with van der Waals surface area (Å²) in [5.74, 6) is 0.0926. The highest BCUT2D eigenvalue weighted by Crippen LogP contribution is 1.58. The van der Waals surface area contributed by atoms with E-state index >= 15 is 0 Å². The second-order valence-corrected chi connectivity index (χ2v) is 1.03. The number of amides is 1. The Labute approximate surface area is 38.2 Å². The third-order valence-corrected chi connectivity index (χ3v) is 0.600. The van der Waals surface area contributed by atoms with E-state index in [2.05, 4.69) is 5.32 Å². The summed E-state index contributed by atoms with van der Waals surface area (Å²) in [7, 11) is 2.21. The van der Waals surface area contributed by atoms with Crippen LogP contribution in [0.1, 0.15) is 0 Å². The van der Waals surface area contributed by atoms with Crippen molar-refractivity contribution >= 4 is 13.1 Å². The highest BCUT2D eigenvalue weighted by molar-refractivity contribution is 6.72. The molecular formula is C3H8BNO. The summed E-state index contributed by atoms with van der Waals surface area (Å²) >= 11 is 0. The van der Waals surface area contributed by atoms with Gasteiger partial charge in [0.1, 0.15) is 0 Å². The highest BCUT2D eigenvalue weighted by atomic mass is 16.1. The first-order chi connectivity index (χ1) is 2.81. The third-order valence-electron chi connectivity index (χ3n) is 0.600. The standard InChI is InChI=1S/C3H8BNO/c1-4-3(6)5-2/h4H,1-2H3,(H,5,6). The molecule has 0 saturated carbocycles. The number of carbonyl (C=O) groups excluding carboxylic acids is 1. The molecule has 0 rings (SSSR count). The lowest BCUT2D eigenvalue weighted by molar-refractivity contribution is 0.261. The van der Waals surface area contributed by atoms with Crippen molar-refractivity contribution in [3.63, 3.8) is 0 Å². The predicted molar refractivity (Wildman–Crippen MR) is 27.5 cm³/mol. The number of carbonyl (C=O) groups is 1. The molecule has 0 saturated heterocycles. The summed E-state index contributed by atoms with van der Waals surface area (Å²) in [6, 6.07) is 0. The molecule has 0 unspecified atom stereocenters. The molecular weight excluding hydrogens is 76.9 g/mol. The summed E-state index contributed by atoms with van der Waals surface area (Å²) in [4.78, 5) is 10.1. The van der Waals surface area contributed by atoms with Crippen molar-refractivity contribution < 1.29 is 4.79 Å². The van der Waals surface area contributed by atoms with E-state index in [9.17, 15) is 4.79 Å². The molecule has 0 heterocycles. The summed E-state index contributed by atoms with van der Waals surface area (Å²) < 4.78 is 0. The minimum atomic E-state index is 0.0926. The fourth-order valence-electron chi connectivity index (χ4n) is 0.177. The Morgan fingerprint density at radius 2 is 2.33 bits per heavy atom. The van der Waals surface area contributed by atoms with Crippen LogP contribution in [0.25, 0.3) is 0 Å². The predicted octanol–water partition coefficient (Wildman–Crippen LogP) is -0.190. The third kappa shape index (κ3) is 1.82. The molecule has 0 atom stereocenters. The van der Waals surface area contributed by atoms with Gasteiger partial charge in [0.15, 0.2) is 5.81 Å². The van der Waals surface area contributed by atoms with Crippen LogP contribution in [-0.4, -0.2) is 20.1 Å². The quantitative estimate of drug-likeness (QED) is 0.439. The molecule has 2 nitrogen and oxygen atoms in total. The van der Waals surface area contributed by atoms with Gasteiger partial charge in [-0.05, 0) is 0 Å². The van der Waals surface area contributed by atoms with Gasteiger partial charge in [0.2, 0.25) is 7.28 Å². The van der Waals surface area contributed by atoms with Crippen LogP contribution in [0.4, 0.5) is 4.79 Å². The molecule has 6 heavy (non-hydrogen) atoms. The Morgan fingerprint density at radius 3 is 2.33 bits per heavy atom. The average molecular weight is 84.9 g/mol. The molecule has 3 heteroatoms. The van der Waals surface area contributed by atoms with Crippen LogP contribution >= 0.6 is 0 Å². The van der Waals surface area contributed by atoms with E-state index < -0.39 is 0 Å². The lowest BCUT2D eigenvalue weighted by atomic mass is 9.82. The maximum Gasteiger partial charge on any atom is 0.230 e. The van der Waals surface area contributed by atoms with Crippen molar-refractivity contribution in [3.05, 3.63) is 0 Å². The Hall–Kier alpha value is -0.465. The van der Waals surface area contributed by atoms with Gasteiger partial charge in [-0.1, -0.05) is 6.82 Å². The fraction of sp³-hybridized carbons (Fsp3) is 0.667. The summed E-state index contributed by atoms with van der Waals surface area (Å²) in [5, 5.41) is 2.48. The first-order valence-electron chi connectivity index (χ1n) is 2.01. The number of hydrogen-bond acceptors (Lipinski definition) is 1. The molecule has 0 aliphatic rings. The van der Waals surface area contributed by atoms with Gasteiger partial charge in [0.05, 0.1) is 0 Å². The van der Waals surface area contributed by atoms with Crippen molar-refractivity contribution in [3.8, 4) is 0 Å². The van der Waals surface area contributed by atoms with Gasteiger partial charge in [0.25, 0.3) is 0 Å². The van der Waals surface area contributed by atoms with Crippen LogP contribution in [0.15, 0.2) is 0 Å². The van der Waals surface area contributed by atoms with Gasteiger partial charge in [-0.3, -0.25) is 4.79 Å². The summed E-state index contributed by atoms with van der Waals surface area (Å²) in [5.41, 5.74) is 0. The lowest BCUT2D eigenvalue weighted by Crippen LogP contribution is -2.19. The monoisotopic (exact) mass is 85.1 g/mol. The number of rotatable bonds is 1. The van der Waals surface area contributed by atoms with E-state index in [0.717, 1.165) is 0 Å². The maximum absolute atomic E-state index is 10.1. The fourth-order valence-corrected chi connectivity index (χ4v) is 0.177. The molecule has 0 fully saturated rings. The number of hydrogen-bond donors (Lipinski definition) is 1.